The Bertz CT molecular complexity index is 1420. The predicted molar refractivity (Wildman–Crippen MR) is 151 cm³/mol. The van der Waals surface area contributed by atoms with Gasteiger partial charge in [0.05, 0.1) is 36.5 Å². The summed E-state index contributed by atoms with van der Waals surface area (Å²) in [4.78, 5) is 46.7. The van der Waals surface area contributed by atoms with Crippen LogP contribution >= 0.6 is 0 Å². The highest BCUT2D eigenvalue weighted by atomic mass is 16.5. The van der Waals surface area contributed by atoms with Crippen LogP contribution in [0.3, 0.4) is 0 Å². The zero-order valence-corrected chi connectivity index (χ0v) is 22.6. The number of carbonyl (C=O) groups excluding carboxylic acids is 4. The average molecular weight is 553 g/mol. The minimum Gasteiger partial charge on any atom is -0.488 e. The van der Waals surface area contributed by atoms with E-state index in [1.165, 1.54) is 14.2 Å². The van der Waals surface area contributed by atoms with Crippen LogP contribution in [0.15, 0.2) is 84.9 Å². The maximum Gasteiger partial charge on any atom is 0.337 e. The van der Waals surface area contributed by atoms with Gasteiger partial charge in [0.2, 0.25) is 0 Å². The van der Waals surface area contributed by atoms with E-state index < -0.39 is 11.9 Å². The average Bonchev–Trinajstić information content (AvgIpc) is 3.03. The van der Waals surface area contributed by atoms with Gasteiger partial charge in [0.1, 0.15) is 24.7 Å². The molecule has 0 aliphatic rings. The molecule has 8 nitrogen and oxygen atoms in total. The van der Waals surface area contributed by atoms with Crippen LogP contribution in [0.25, 0.3) is 0 Å². The Morgan fingerprint density at radius 1 is 0.561 bits per heavy atom. The number of aldehydes is 2. The molecule has 41 heavy (non-hydrogen) atoms. The molecule has 0 aromatic heterocycles. The number of hydrogen-bond donors (Lipinski definition) is 0. The fourth-order valence-electron chi connectivity index (χ4n) is 4.13. The quantitative estimate of drug-likeness (QED) is 0.164. The lowest BCUT2D eigenvalue weighted by atomic mass is 10.0. The number of esters is 2. The van der Waals surface area contributed by atoms with Gasteiger partial charge in [-0.1, -0.05) is 36.4 Å². The van der Waals surface area contributed by atoms with Gasteiger partial charge < -0.3 is 18.9 Å². The largest absolute Gasteiger partial charge is 0.488 e. The number of benzene rings is 4. The van der Waals surface area contributed by atoms with Crippen molar-refractivity contribution in [3.05, 3.63) is 129 Å². The van der Waals surface area contributed by atoms with Gasteiger partial charge in [0.25, 0.3) is 0 Å². The monoisotopic (exact) mass is 552 g/mol. The van der Waals surface area contributed by atoms with E-state index >= 15 is 0 Å². The van der Waals surface area contributed by atoms with Gasteiger partial charge in [0.15, 0.2) is 12.6 Å². The summed E-state index contributed by atoms with van der Waals surface area (Å²) in [5.74, 6) is 0.0563. The molecule has 0 spiro atoms. The lowest BCUT2D eigenvalue weighted by Gasteiger charge is -2.12. The van der Waals surface area contributed by atoms with Crippen LogP contribution in [0.4, 0.5) is 0 Å². The van der Waals surface area contributed by atoms with Crippen LogP contribution in [0, 0.1) is 0 Å². The van der Waals surface area contributed by atoms with Gasteiger partial charge in [0, 0.05) is 0 Å². The molecule has 8 heteroatoms. The SMILES string of the molecule is COC(=O)c1ccc(COc2ccc(Cc3ccc(OCc4ccc(C(=O)OC)cc4)c(C=O)c3)cc2C=O)cc1. The van der Waals surface area contributed by atoms with Crippen LogP contribution in [0.2, 0.25) is 0 Å². The van der Waals surface area contributed by atoms with E-state index in [4.69, 9.17) is 18.9 Å². The highest BCUT2D eigenvalue weighted by Gasteiger charge is 2.11. The predicted octanol–water partition coefficient (Wildman–Crippen LogP) is 5.63. The molecule has 0 amide bonds. The van der Waals surface area contributed by atoms with E-state index in [2.05, 4.69) is 0 Å². The molecule has 4 aromatic carbocycles. The van der Waals surface area contributed by atoms with Gasteiger partial charge in [-0.2, -0.15) is 0 Å². The van der Waals surface area contributed by atoms with E-state index in [0.29, 0.717) is 40.2 Å². The zero-order chi connectivity index (χ0) is 29.2. The van der Waals surface area contributed by atoms with Crippen LogP contribution in [-0.4, -0.2) is 38.7 Å². The number of rotatable bonds is 12. The first-order valence-corrected chi connectivity index (χ1v) is 12.7. The molecule has 0 unspecified atom stereocenters. The second-order valence-electron chi connectivity index (χ2n) is 9.11. The number of hydrogen-bond acceptors (Lipinski definition) is 8. The molecule has 4 rings (SSSR count). The summed E-state index contributed by atoms with van der Waals surface area (Å²) >= 11 is 0. The third-order valence-electron chi connectivity index (χ3n) is 6.35. The molecule has 0 aliphatic carbocycles. The number of methoxy groups -OCH3 is 2. The number of carbonyl (C=O) groups is 4. The summed E-state index contributed by atoms with van der Waals surface area (Å²) < 4.78 is 21.1. The third-order valence-corrected chi connectivity index (χ3v) is 6.35. The van der Waals surface area contributed by atoms with Crippen molar-refractivity contribution in [2.24, 2.45) is 0 Å². The van der Waals surface area contributed by atoms with E-state index in [1.54, 1.807) is 72.8 Å². The summed E-state index contributed by atoms with van der Waals surface area (Å²) in [5.41, 5.74) is 5.11. The smallest absolute Gasteiger partial charge is 0.337 e. The van der Waals surface area contributed by atoms with Crippen molar-refractivity contribution >= 4 is 24.5 Å². The first kappa shape index (κ1) is 28.8. The molecule has 0 saturated carbocycles. The molecule has 4 aromatic rings. The van der Waals surface area contributed by atoms with Gasteiger partial charge in [-0.3, -0.25) is 9.59 Å². The Balaban J connectivity index is 1.39. The van der Waals surface area contributed by atoms with Crippen molar-refractivity contribution in [3.63, 3.8) is 0 Å². The van der Waals surface area contributed by atoms with Crippen molar-refractivity contribution in [1.29, 1.82) is 0 Å². The van der Waals surface area contributed by atoms with Crippen LogP contribution in [0.1, 0.15) is 63.7 Å². The Hall–Kier alpha value is -5.24. The zero-order valence-electron chi connectivity index (χ0n) is 22.6. The third kappa shape index (κ3) is 7.45. The molecular weight excluding hydrogens is 524 g/mol. The van der Waals surface area contributed by atoms with E-state index in [-0.39, 0.29) is 13.2 Å². The minimum absolute atomic E-state index is 0.223. The molecular formula is C33H28O8. The van der Waals surface area contributed by atoms with E-state index in [1.807, 2.05) is 12.1 Å². The second-order valence-corrected chi connectivity index (χ2v) is 9.11. The van der Waals surface area contributed by atoms with Crippen LogP contribution in [0.5, 0.6) is 11.5 Å². The summed E-state index contributed by atoms with van der Waals surface area (Å²) in [6, 6.07) is 24.4. The van der Waals surface area contributed by atoms with Crippen molar-refractivity contribution < 1.29 is 38.1 Å². The fraction of sp³-hybridized carbons (Fsp3) is 0.152. The molecule has 208 valence electrons. The lowest BCUT2D eigenvalue weighted by molar-refractivity contribution is 0.0592. The van der Waals surface area contributed by atoms with Gasteiger partial charge in [-0.25, -0.2) is 9.59 Å². The van der Waals surface area contributed by atoms with Crippen molar-refractivity contribution in [2.45, 2.75) is 19.6 Å². The first-order valence-electron chi connectivity index (χ1n) is 12.7. The Kier molecular flexibility index (Phi) is 9.62. The summed E-state index contributed by atoms with van der Waals surface area (Å²) in [5, 5.41) is 0. The van der Waals surface area contributed by atoms with Crippen molar-refractivity contribution in [1.82, 2.24) is 0 Å². The van der Waals surface area contributed by atoms with Gasteiger partial charge in [-0.05, 0) is 77.2 Å². The minimum atomic E-state index is -0.414. The van der Waals surface area contributed by atoms with Gasteiger partial charge in [-0.15, -0.1) is 0 Å². The molecule has 0 aliphatic heterocycles. The van der Waals surface area contributed by atoms with Crippen molar-refractivity contribution in [2.75, 3.05) is 14.2 Å². The van der Waals surface area contributed by atoms with Crippen molar-refractivity contribution in [3.8, 4) is 11.5 Å². The summed E-state index contributed by atoms with van der Waals surface area (Å²) in [6.07, 6.45) is 1.97. The molecule has 0 saturated heterocycles. The molecule has 0 bridgehead atoms. The highest BCUT2D eigenvalue weighted by molar-refractivity contribution is 5.89. The van der Waals surface area contributed by atoms with E-state index in [9.17, 15) is 19.2 Å². The summed E-state index contributed by atoms with van der Waals surface area (Å²) in [6.45, 7) is 0.447. The number of ether oxygens (including phenoxy) is 4. The topological polar surface area (TPSA) is 105 Å². The second kappa shape index (κ2) is 13.7. The molecule has 0 fully saturated rings. The Morgan fingerprint density at radius 2 is 0.927 bits per heavy atom. The normalized spacial score (nSPS) is 10.4. The van der Waals surface area contributed by atoms with Gasteiger partial charge >= 0.3 is 11.9 Å². The maximum atomic E-state index is 11.8. The first-order chi connectivity index (χ1) is 19.9. The molecule has 0 heterocycles. The lowest BCUT2D eigenvalue weighted by Crippen LogP contribution is -2.03. The van der Waals surface area contributed by atoms with E-state index in [0.717, 1.165) is 34.8 Å². The Morgan fingerprint density at radius 3 is 1.27 bits per heavy atom. The highest BCUT2D eigenvalue weighted by Crippen LogP contribution is 2.25. The maximum absolute atomic E-state index is 11.8. The molecule has 0 N–H and O–H groups in total. The standard InChI is InChI=1S/C33H28O8/c1-38-32(36)26-9-3-22(4-10-26)20-40-30-13-7-24(16-28(30)18-34)15-25-8-14-31(29(17-25)19-35)41-21-23-5-11-27(12-6-23)33(37)39-2/h3-14,16-19H,15,20-21H2,1-2H3. The fourth-order valence-corrected chi connectivity index (χ4v) is 4.13. The Labute approximate surface area is 237 Å². The van der Waals surface area contributed by atoms with Crippen LogP contribution in [-0.2, 0) is 29.1 Å². The van der Waals surface area contributed by atoms with Crippen LogP contribution < -0.4 is 9.47 Å². The molecule has 0 radical (unpaired) electrons. The summed E-state index contributed by atoms with van der Waals surface area (Å²) in [7, 11) is 2.65. The molecule has 0 atom stereocenters.